The Hall–Kier alpha value is -1.35. The number of carbonyl (C=O) groups is 1. The standard InChI is InChI=1S/C17H25NO2/c1-5-16(19)17(8-10-18(3)11-9-17)14-12-13(2)6-7-15(14)20-4/h6-7,12H,5,8-11H2,1-4H3. The van der Waals surface area contributed by atoms with Crippen LogP contribution in [0.3, 0.4) is 0 Å². The number of nitrogens with zero attached hydrogens (tertiary/aromatic N) is 1. The SMILES string of the molecule is CCC(=O)C1(c2cc(C)ccc2OC)CCN(C)CC1. The second kappa shape index (κ2) is 5.96. The van der Waals surface area contributed by atoms with Crippen molar-refractivity contribution in [2.45, 2.75) is 38.5 Å². The summed E-state index contributed by atoms with van der Waals surface area (Å²) in [4.78, 5) is 15.0. The number of methoxy groups -OCH3 is 1. The van der Waals surface area contributed by atoms with Gasteiger partial charge in [0.1, 0.15) is 11.5 Å². The Morgan fingerprint density at radius 1 is 1.35 bits per heavy atom. The molecule has 0 unspecified atom stereocenters. The molecule has 0 aliphatic carbocycles. The number of piperidine rings is 1. The first kappa shape index (κ1) is 15.0. The lowest BCUT2D eigenvalue weighted by Crippen LogP contribution is -2.46. The summed E-state index contributed by atoms with van der Waals surface area (Å²) < 4.78 is 5.53. The smallest absolute Gasteiger partial charge is 0.143 e. The van der Waals surface area contributed by atoms with Crippen LogP contribution in [0, 0.1) is 6.92 Å². The number of likely N-dealkylation sites (tertiary alicyclic amines) is 1. The molecule has 1 aliphatic rings. The van der Waals surface area contributed by atoms with Crippen LogP contribution >= 0.6 is 0 Å². The van der Waals surface area contributed by atoms with Gasteiger partial charge in [0, 0.05) is 12.0 Å². The minimum absolute atomic E-state index is 0.342. The van der Waals surface area contributed by atoms with Crippen molar-refractivity contribution in [3.05, 3.63) is 29.3 Å². The molecule has 0 spiro atoms. The first-order chi connectivity index (χ1) is 9.53. The highest BCUT2D eigenvalue weighted by Gasteiger charge is 2.42. The van der Waals surface area contributed by atoms with Crippen LogP contribution in [-0.4, -0.2) is 37.9 Å². The number of ketones is 1. The third-order valence-corrected chi connectivity index (χ3v) is 4.57. The summed E-state index contributed by atoms with van der Waals surface area (Å²) >= 11 is 0. The van der Waals surface area contributed by atoms with Gasteiger partial charge >= 0.3 is 0 Å². The Kier molecular flexibility index (Phi) is 4.48. The summed E-state index contributed by atoms with van der Waals surface area (Å²) in [6.45, 7) is 5.96. The molecule has 0 N–H and O–H groups in total. The van der Waals surface area contributed by atoms with Gasteiger partial charge in [-0.25, -0.2) is 0 Å². The Labute approximate surface area is 121 Å². The maximum atomic E-state index is 12.7. The van der Waals surface area contributed by atoms with Crippen LogP contribution in [-0.2, 0) is 10.2 Å². The van der Waals surface area contributed by atoms with Gasteiger partial charge < -0.3 is 9.64 Å². The summed E-state index contributed by atoms with van der Waals surface area (Å²) in [6, 6.07) is 6.17. The van der Waals surface area contributed by atoms with Crippen molar-refractivity contribution in [1.82, 2.24) is 4.90 Å². The number of rotatable bonds is 4. The number of carbonyl (C=O) groups excluding carboxylic acids is 1. The molecule has 0 atom stereocenters. The van der Waals surface area contributed by atoms with Crippen LogP contribution in [0.4, 0.5) is 0 Å². The normalized spacial score (nSPS) is 18.8. The summed E-state index contributed by atoms with van der Waals surface area (Å²) in [5, 5.41) is 0. The van der Waals surface area contributed by atoms with Gasteiger partial charge in [-0.15, -0.1) is 0 Å². The van der Waals surface area contributed by atoms with Crippen LogP contribution < -0.4 is 4.74 Å². The Morgan fingerprint density at radius 3 is 2.55 bits per heavy atom. The third-order valence-electron chi connectivity index (χ3n) is 4.57. The number of hydrogen-bond donors (Lipinski definition) is 0. The maximum Gasteiger partial charge on any atom is 0.143 e. The summed E-state index contributed by atoms with van der Waals surface area (Å²) in [5.74, 6) is 1.19. The lowest BCUT2D eigenvalue weighted by Gasteiger charge is -2.40. The molecule has 1 saturated heterocycles. The highest BCUT2D eigenvalue weighted by Crippen LogP contribution is 2.42. The molecular formula is C17H25NO2. The lowest BCUT2D eigenvalue weighted by molar-refractivity contribution is -0.126. The van der Waals surface area contributed by atoms with Crippen LogP contribution in [0.25, 0.3) is 0 Å². The van der Waals surface area contributed by atoms with Gasteiger partial charge in [0.05, 0.1) is 12.5 Å². The maximum absolute atomic E-state index is 12.7. The number of hydrogen-bond acceptors (Lipinski definition) is 3. The number of Topliss-reactive ketones (excluding diaryl/α,β-unsaturated/α-hetero) is 1. The summed E-state index contributed by atoms with van der Waals surface area (Å²) in [7, 11) is 3.81. The number of benzene rings is 1. The average molecular weight is 275 g/mol. The molecule has 1 aromatic rings. The van der Waals surface area contributed by atoms with Gasteiger partial charge in [-0.1, -0.05) is 24.6 Å². The van der Waals surface area contributed by atoms with Crippen molar-refractivity contribution in [3.8, 4) is 5.75 Å². The first-order valence-electron chi connectivity index (χ1n) is 7.40. The topological polar surface area (TPSA) is 29.5 Å². The fourth-order valence-corrected chi connectivity index (χ4v) is 3.23. The van der Waals surface area contributed by atoms with Gasteiger partial charge in [-0.2, -0.15) is 0 Å². The van der Waals surface area contributed by atoms with E-state index in [0.29, 0.717) is 12.2 Å². The van der Waals surface area contributed by atoms with Gasteiger partial charge in [0.25, 0.3) is 0 Å². The first-order valence-corrected chi connectivity index (χ1v) is 7.40. The predicted molar refractivity (Wildman–Crippen MR) is 81.4 cm³/mol. The molecule has 3 nitrogen and oxygen atoms in total. The van der Waals surface area contributed by atoms with Crippen LogP contribution in [0.5, 0.6) is 5.75 Å². The molecule has 0 bridgehead atoms. The molecule has 0 amide bonds. The van der Waals surface area contributed by atoms with E-state index in [1.165, 1.54) is 5.56 Å². The summed E-state index contributed by atoms with van der Waals surface area (Å²) in [6.07, 6.45) is 2.35. The van der Waals surface area contributed by atoms with E-state index in [-0.39, 0.29) is 5.41 Å². The highest BCUT2D eigenvalue weighted by molar-refractivity contribution is 5.91. The molecule has 1 aliphatic heterocycles. The minimum Gasteiger partial charge on any atom is -0.496 e. The molecule has 0 aromatic heterocycles. The number of aryl methyl sites for hydroxylation is 1. The second-order valence-electron chi connectivity index (χ2n) is 5.87. The van der Waals surface area contributed by atoms with Crippen molar-refractivity contribution in [2.24, 2.45) is 0 Å². The second-order valence-corrected chi connectivity index (χ2v) is 5.87. The van der Waals surface area contributed by atoms with Gasteiger partial charge in [-0.05, 0) is 46.0 Å². The van der Waals surface area contributed by atoms with Gasteiger partial charge in [0.15, 0.2) is 0 Å². The zero-order valence-electron chi connectivity index (χ0n) is 13.0. The predicted octanol–water partition coefficient (Wildman–Crippen LogP) is 2.95. The van der Waals surface area contributed by atoms with Crippen molar-refractivity contribution >= 4 is 5.78 Å². The van der Waals surface area contributed by atoms with Crippen LogP contribution in [0.15, 0.2) is 18.2 Å². The fraction of sp³-hybridized carbons (Fsp3) is 0.588. The monoisotopic (exact) mass is 275 g/mol. The van der Waals surface area contributed by atoms with E-state index in [1.54, 1.807) is 7.11 Å². The molecule has 1 heterocycles. The zero-order chi connectivity index (χ0) is 14.8. The van der Waals surface area contributed by atoms with Crippen molar-refractivity contribution in [3.63, 3.8) is 0 Å². The summed E-state index contributed by atoms with van der Waals surface area (Å²) in [5.41, 5.74) is 1.90. The average Bonchev–Trinajstić information content (AvgIpc) is 2.47. The molecular weight excluding hydrogens is 250 g/mol. The lowest BCUT2D eigenvalue weighted by atomic mass is 9.68. The largest absolute Gasteiger partial charge is 0.496 e. The Morgan fingerprint density at radius 2 is 2.00 bits per heavy atom. The van der Waals surface area contributed by atoms with Crippen molar-refractivity contribution in [2.75, 3.05) is 27.2 Å². The molecule has 1 aromatic carbocycles. The van der Waals surface area contributed by atoms with E-state index in [0.717, 1.165) is 37.2 Å². The Bertz CT molecular complexity index is 488. The quantitative estimate of drug-likeness (QED) is 0.846. The van der Waals surface area contributed by atoms with E-state index in [4.69, 9.17) is 4.74 Å². The van der Waals surface area contributed by atoms with Crippen LogP contribution in [0.2, 0.25) is 0 Å². The van der Waals surface area contributed by atoms with E-state index in [2.05, 4.69) is 24.9 Å². The van der Waals surface area contributed by atoms with E-state index >= 15 is 0 Å². The minimum atomic E-state index is -0.362. The fourth-order valence-electron chi connectivity index (χ4n) is 3.23. The number of ether oxygens (including phenoxy) is 1. The van der Waals surface area contributed by atoms with Crippen LogP contribution in [0.1, 0.15) is 37.3 Å². The Balaban J connectivity index is 2.52. The molecule has 0 radical (unpaired) electrons. The molecule has 0 saturated carbocycles. The third kappa shape index (κ3) is 2.59. The molecule has 1 fully saturated rings. The molecule has 3 heteroatoms. The molecule has 2 rings (SSSR count). The van der Waals surface area contributed by atoms with E-state index in [9.17, 15) is 4.79 Å². The molecule has 20 heavy (non-hydrogen) atoms. The molecule has 110 valence electrons. The zero-order valence-corrected chi connectivity index (χ0v) is 13.0. The van der Waals surface area contributed by atoms with Gasteiger partial charge in [-0.3, -0.25) is 4.79 Å². The van der Waals surface area contributed by atoms with E-state index in [1.807, 2.05) is 19.1 Å². The van der Waals surface area contributed by atoms with Crippen molar-refractivity contribution in [1.29, 1.82) is 0 Å². The van der Waals surface area contributed by atoms with Crippen molar-refractivity contribution < 1.29 is 9.53 Å². The van der Waals surface area contributed by atoms with Gasteiger partial charge in [0.2, 0.25) is 0 Å². The highest BCUT2D eigenvalue weighted by atomic mass is 16.5. The van der Waals surface area contributed by atoms with E-state index < -0.39 is 0 Å².